The Morgan fingerprint density at radius 1 is 1.21 bits per heavy atom. The van der Waals surface area contributed by atoms with E-state index < -0.39 is 0 Å². The highest BCUT2D eigenvalue weighted by molar-refractivity contribution is 9.10. The Kier molecular flexibility index (Phi) is 5.73. The molecule has 1 atom stereocenters. The molecule has 0 aliphatic carbocycles. The number of carbonyl (C=O) groups is 2. The molecule has 0 N–H and O–H groups in total. The van der Waals surface area contributed by atoms with E-state index in [0.717, 1.165) is 17.3 Å². The van der Waals surface area contributed by atoms with Crippen molar-refractivity contribution in [2.75, 3.05) is 39.4 Å². The van der Waals surface area contributed by atoms with Gasteiger partial charge in [0.15, 0.2) is 6.61 Å². The van der Waals surface area contributed by atoms with Gasteiger partial charge in [0.25, 0.3) is 11.8 Å². The lowest BCUT2D eigenvalue weighted by Crippen LogP contribution is -2.53. The molecular formula is C17H21BrN2O4. The van der Waals surface area contributed by atoms with Crippen molar-refractivity contribution in [1.29, 1.82) is 0 Å². The van der Waals surface area contributed by atoms with Crippen LogP contribution in [0.3, 0.4) is 0 Å². The number of hydrogen-bond acceptors (Lipinski definition) is 4. The second-order valence-corrected chi connectivity index (χ2v) is 6.87. The van der Waals surface area contributed by atoms with Crippen LogP contribution in [0.2, 0.25) is 0 Å². The first-order valence-electron chi connectivity index (χ1n) is 8.20. The molecule has 6 nitrogen and oxygen atoms in total. The molecule has 0 spiro atoms. The smallest absolute Gasteiger partial charge is 0.260 e. The molecule has 2 aliphatic rings. The van der Waals surface area contributed by atoms with Crippen molar-refractivity contribution in [2.24, 2.45) is 0 Å². The second kappa shape index (κ2) is 7.98. The zero-order chi connectivity index (χ0) is 16.9. The second-order valence-electron chi connectivity index (χ2n) is 5.95. The van der Waals surface area contributed by atoms with Crippen LogP contribution in [-0.2, 0) is 14.3 Å². The van der Waals surface area contributed by atoms with Crippen LogP contribution in [0.1, 0.15) is 12.8 Å². The number of hydrogen-bond donors (Lipinski definition) is 0. The monoisotopic (exact) mass is 396 g/mol. The van der Waals surface area contributed by atoms with Gasteiger partial charge in [-0.1, -0.05) is 22.0 Å². The average molecular weight is 397 g/mol. The van der Waals surface area contributed by atoms with Gasteiger partial charge in [-0.05, 0) is 31.0 Å². The summed E-state index contributed by atoms with van der Waals surface area (Å²) in [6, 6.07) is 7.40. The Morgan fingerprint density at radius 2 is 1.96 bits per heavy atom. The lowest BCUT2D eigenvalue weighted by molar-refractivity contribution is -0.146. The zero-order valence-corrected chi connectivity index (χ0v) is 15.0. The van der Waals surface area contributed by atoms with E-state index >= 15 is 0 Å². The minimum atomic E-state index is -0.285. The minimum Gasteiger partial charge on any atom is -0.484 e. The van der Waals surface area contributed by atoms with Crippen molar-refractivity contribution in [1.82, 2.24) is 9.80 Å². The van der Waals surface area contributed by atoms with Crippen LogP contribution in [-0.4, -0.2) is 67.1 Å². The predicted molar refractivity (Wildman–Crippen MR) is 91.8 cm³/mol. The van der Waals surface area contributed by atoms with Crippen molar-refractivity contribution in [2.45, 2.75) is 18.9 Å². The first-order chi connectivity index (χ1) is 11.6. The van der Waals surface area contributed by atoms with Gasteiger partial charge < -0.3 is 19.3 Å². The number of nitrogens with zero attached hydrogens (tertiary/aromatic N) is 2. The topological polar surface area (TPSA) is 59.1 Å². The van der Waals surface area contributed by atoms with Crippen LogP contribution in [0, 0.1) is 0 Å². The summed E-state index contributed by atoms with van der Waals surface area (Å²) in [6.45, 7) is 2.87. The van der Waals surface area contributed by atoms with E-state index in [9.17, 15) is 9.59 Å². The molecule has 2 heterocycles. The molecule has 3 rings (SSSR count). The molecule has 0 aromatic heterocycles. The standard InChI is InChI=1S/C17H21BrN2O4/c18-13-3-1-4-14(11-13)24-12-16(21)19-6-8-20(9-7-19)17(22)15-5-2-10-23-15/h1,3-4,11,15H,2,5-10,12H2. The van der Waals surface area contributed by atoms with Crippen molar-refractivity contribution in [3.63, 3.8) is 0 Å². The van der Waals surface area contributed by atoms with Crippen LogP contribution >= 0.6 is 15.9 Å². The highest BCUT2D eigenvalue weighted by Crippen LogP contribution is 2.18. The summed E-state index contributed by atoms with van der Waals surface area (Å²) in [5.41, 5.74) is 0. The normalized spacial score (nSPS) is 21.0. The van der Waals surface area contributed by atoms with Gasteiger partial charge in [-0.3, -0.25) is 9.59 Å². The van der Waals surface area contributed by atoms with Gasteiger partial charge in [0, 0.05) is 37.3 Å². The quantitative estimate of drug-likeness (QED) is 0.776. The van der Waals surface area contributed by atoms with Crippen molar-refractivity contribution >= 4 is 27.7 Å². The molecule has 0 bridgehead atoms. The van der Waals surface area contributed by atoms with E-state index in [1.54, 1.807) is 9.80 Å². The molecule has 24 heavy (non-hydrogen) atoms. The number of carbonyl (C=O) groups excluding carboxylic acids is 2. The van der Waals surface area contributed by atoms with Crippen LogP contribution in [0.25, 0.3) is 0 Å². The third-order valence-corrected chi connectivity index (χ3v) is 4.80. The number of piperazine rings is 1. The lowest BCUT2D eigenvalue weighted by Gasteiger charge is -2.35. The van der Waals surface area contributed by atoms with Gasteiger partial charge in [0.1, 0.15) is 11.9 Å². The summed E-state index contributed by atoms with van der Waals surface area (Å²) in [7, 11) is 0. The molecular weight excluding hydrogens is 376 g/mol. The fourth-order valence-electron chi connectivity index (χ4n) is 2.95. The summed E-state index contributed by atoms with van der Waals surface area (Å²) in [5, 5.41) is 0. The van der Waals surface area contributed by atoms with Gasteiger partial charge in [-0.2, -0.15) is 0 Å². The molecule has 2 amide bonds. The van der Waals surface area contributed by atoms with E-state index in [0.29, 0.717) is 38.5 Å². The minimum absolute atomic E-state index is 0.0101. The largest absolute Gasteiger partial charge is 0.484 e. The maximum atomic E-state index is 12.3. The molecule has 2 aliphatic heterocycles. The SMILES string of the molecule is O=C(COc1cccc(Br)c1)N1CCN(C(=O)C2CCCO2)CC1. The number of amides is 2. The van der Waals surface area contributed by atoms with Gasteiger partial charge in [0.2, 0.25) is 0 Å². The third kappa shape index (κ3) is 4.27. The van der Waals surface area contributed by atoms with Crippen LogP contribution in [0.5, 0.6) is 5.75 Å². The third-order valence-electron chi connectivity index (χ3n) is 4.31. The van der Waals surface area contributed by atoms with Crippen molar-refractivity contribution in [3.8, 4) is 5.75 Å². The van der Waals surface area contributed by atoms with E-state index in [4.69, 9.17) is 9.47 Å². The molecule has 130 valence electrons. The van der Waals surface area contributed by atoms with Crippen LogP contribution in [0.4, 0.5) is 0 Å². The lowest BCUT2D eigenvalue weighted by atomic mass is 10.2. The molecule has 1 aromatic carbocycles. The van der Waals surface area contributed by atoms with E-state index in [2.05, 4.69) is 15.9 Å². The Morgan fingerprint density at radius 3 is 2.62 bits per heavy atom. The Hall–Kier alpha value is -1.60. The van der Waals surface area contributed by atoms with Gasteiger partial charge >= 0.3 is 0 Å². The molecule has 2 saturated heterocycles. The average Bonchev–Trinajstić information content (AvgIpc) is 3.14. The first-order valence-corrected chi connectivity index (χ1v) is 8.99. The molecule has 1 unspecified atom stereocenters. The van der Waals surface area contributed by atoms with Gasteiger partial charge in [-0.15, -0.1) is 0 Å². The Balaban J connectivity index is 1.44. The number of ether oxygens (including phenoxy) is 2. The van der Waals surface area contributed by atoms with E-state index in [-0.39, 0.29) is 24.5 Å². The maximum Gasteiger partial charge on any atom is 0.260 e. The van der Waals surface area contributed by atoms with Crippen molar-refractivity contribution < 1.29 is 19.1 Å². The number of halogens is 1. The first kappa shape index (κ1) is 17.2. The predicted octanol–water partition coefficient (Wildman–Crippen LogP) is 1.68. The van der Waals surface area contributed by atoms with E-state index in [1.807, 2.05) is 24.3 Å². The number of rotatable bonds is 4. The molecule has 0 radical (unpaired) electrons. The van der Waals surface area contributed by atoms with E-state index in [1.165, 1.54) is 0 Å². The highest BCUT2D eigenvalue weighted by atomic mass is 79.9. The summed E-state index contributed by atoms with van der Waals surface area (Å²) < 4.78 is 11.9. The maximum absolute atomic E-state index is 12.3. The Labute approximate surface area is 149 Å². The summed E-state index contributed by atoms with van der Waals surface area (Å²) in [6.07, 6.45) is 1.47. The van der Waals surface area contributed by atoms with Crippen LogP contribution < -0.4 is 4.74 Å². The van der Waals surface area contributed by atoms with Gasteiger partial charge in [0.05, 0.1) is 0 Å². The van der Waals surface area contributed by atoms with Gasteiger partial charge in [-0.25, -0.2) is 0 Å². The fourth-order valence-corrected chi connectivity index (χ4v) is 3.32. The highest BCUT2D eigenvalue weighted by Gasteiger charge is 2.31. The molecule has 1 aromatic rings. The van der Waals surface area contributed by atoms with Crippen molar-refractivity contribution in [3.05, 3.63) is 28.7 Å². The fraction of sp³-hybridized carbons (Fsp3) is 0.529. The molecule has 0 saturated carbocycles. The Bertz CT molecular complexity index is 596. The summed E-state index contributed by atoms with van der Waals surface area (Å²) >= 11 is 3.37. The number of benzene rings is 1. The van der Waals surface area contributed by atoms with Crippen LogP contribution in [0.15, 0.2) is 28.7 Å². The zero-order valence-electron chi connectivity index (χ0n) is 13.4. The molecule has 2 fully saturated rings. The summed E-state index contributed by atoms with van der Waals surface area (Å²) in [5.74, 6) is 0.661. The summed E-state index contributed by atoms with van der Waals surface area (Å²) in [4.78, 5) is 28.1. The molecule has 7 heteroatoms.